The van der Waals surface area contributed by atoms with Gasteiger partial charge in [-0.05, 0) is 42.9 Å². The number of aliphatic hydroxyl groups excluding tert-OH is 1. The van der Waals surface area contributed by atoms with E-state index < -0.39 is 0 Å². The van der Waals surface area contributed by atoms with Gasteiger partial charge in [0.25, 0.3) is 0 Å². The van der Waals surface area contributed by atoms with Crippen LogP contribution in [0.4, 0.5) is 5.69 Å². The molecule has 0 spiro atoms. The molecule has 0 saturated heterocycles. The molecule has 1 unspecified atom stereocenters. The van der Waals surface area contributed by atoms with Gasteiger partial charge in [-0.1, -0.05) is 36.4 Å². The molecule has 0 saturated carbocycles. The van der Waals surface area contributed by atoms with Crippen LogP contribution in [0.1, 0.15) is 24.4 Å². The highest BCUT2D eigenvalue weighted by molar-refractivity contribution is 7.98. The normalized spacial score (nSPS) is 11.9. The number of anilines is 1. The summed E-state index contributed by atoms with van der Waals surface area (Å²) in [5.74, 6) is -0.0711. The molecule has 2 aromatic rings. The Kier molecular flexibility index (Phi) is 7.82. The van der Waals surface area contributed by atoms with Crippen LogP contribution in [0.3, 0.4) is 0 Å². The van der Waals surface area contributed by atoms with Gasteiger partial charge in [-0.25, -0.2) is 0 Å². The standard InChI is InChI=1S/C19H24N2O2S/c1-24-17-10-5-9-16(13-17)21-19(23)14-20-18(11-6-12-22)15-7-3-2-4-8-15/h2-5,7-10,13,18,20,22H,6,11-12,14H2,1H3,(H,21,23). The second-order valence-corrected chi connectivity index (χ2v) is 6.37. The van der Waals surface area contributed by atoms with Gasteiger partial charge in [0.15, 0.2) is 0 Å². The van der Waals surface area contributed by atoms with Crippen molar-refractivity contribution in [1.29, 1.82) is 0 Å². The second kappa shape index (κ2) is 10.1. The zero-order valence-corrected chi connectivity index (χ0v) is 14.7. The Labute approximate surface area is 147 Å². The minimum Gasteiger partial charge on any atom is -0.396 e. The highest BCUT2D eigenvalue weighted by Gasteiger charge is 2.12. The van der Waals surface area contributed by atoms with Crippen LogP contribution in [-0.4, -0.2) is 30.4 Å². The highest BCUT2D eigenvalue weighted by atomic mass is 32.2. The number of aliphatic hydroxyl groups is 1. The predicted molar refractivity (Wildman–Crippen MR) is 100 cm³/mol. The number of rotatable bonds is 9. The molecule has 2 rings (SSSR count). The van der Waals surface area contributed by atoms with Gasteiger partial charge in [0, 0.05) is 23.2 Å². The van der Waals surface area contributed by atoms with E-state index in [1.807, 2.05) is 60.9 Å². The summed E-state index contributed by atoms with van der Waals surface area (Å²) in [5, 5.41) is 15.3. The van der Waals surface area contributed by atoms with Crippen LogP contribution in [-0.2, 0) is 4.79 Å². The van der Waals surface area contributed by atoms with E-state index in [9.17, 15) is 4.79 Å². The van der Waals surface area contributed by atoms with E-state index in [0.717, 1.165) is 22.6 Å². The summed E-state index contributed by atoms with van der Waals surface area (Å²) in [7, 11) is 0. The van der Waals surface area contributed by atoms with Crippen molar-refractivity contribution < 1.29 is 9.90 Å². The largest absolute Gasteiger partial charge is 0.396 e. The maximum Gasteiger partial charge on any atom is 0.238 e. The minimum absolute atomic E-state index is 0.0571. The summed E-state index contributed by atoms with van der Waals surface area (Å²) in [4.78, 5) is 13.3. The Morgan fingerprint density at radius 1 is 1.17 bits per heavy atom. The Balaban J connectivity index is 1.91. The quantitative estimate of drug-likeness (QED) is 0.610. The van der Waals surface area contributed by atoms with E-state index in [1.54, 1.807) is 11.8 Å². The van der Waals surface area contributed by atoms with Gasteiger partial charge in [0.1, 0.15) is 0 Å². The number of benzene rings is 2. The van der Waals surface area contributed by atoms with Crippen molar-refractivity contribution in [2.24, 2.45) is 0 Å². The van der Waals surface area contributed by atoms with Gasteiger partial charge < -0.3 is 15.7 Å². The lowest BCUT2D eigenvalue weighted by Crippen LogP contribution is -2.31. The Morgan fingerprint density at radius 2 is 1.96 bits per heavy atom. The van der Waals surface area contributed by atoms with Crippen LogP contribution in [0.25, 0.3) is 0 Å². The summed E-state index contributed by atoms with van der Waals surface area (Å²) < 4.78 is 0. The van der Waals surface area contributed by atoms with Crippen LogP contribution >= 0.6 is 11.8 Å². The maximum atomic E-state index is 12.2. The molecule has 3 N–H and O–H groups in total. The molecular weight excluding hydrogens is 320 g/mol. The zero-order chi connectivity index (χ0) is 17.2. The fraction of sp³-hybridized carbons (Fsp3) is 0.316. The lowest BCUT2D eigenvalue weighted by Gasteiger charge is -2.19. The molecule has 0 bridgehead atoms. The molecule has 0 fully saturated rings. The maximum absolute atomic E-state index is 12.2. The first-order valence-electron chi connectivity index (χ1n) is 8.06. The Bertz CT molecular complexity index is 634. The predicted octanol–water partition coefficient (Wildman–Crippen LogP) is 3.45. The van der Waals surface area contributed by atoms with Crippen molar-refractivity contribution in [3.63, 3.8) is 0 Å². The van der Waals surface area contributed by atoms with Crippen molar-refractivity contribution in [3.05, 3.63) is 60.2 Å². The molecule has 128 valence electrons. The average Bonchev–Trinajstić information content (AvgIpc) is 2.62. The first-order chi connectivity index (χ1) is 11.7. The van der Waals surface area contributed by atoms with Gasteiger partial charge in [-0.15, -0.1) is 11.8 Å². The van der Waals surface area contributed by atoms with Gasteiger partial charge in [0.2, 0.25) is 5.91 Å². The summed E-state index contributed by atoms with van der Waals surface area (Å²) >= 11 is 1.64. The molecular formula is C19H24N2O2S. The topological polar surface area (TPSA) is 61.4 Å². The molecule has 24 heavy (non-hydrogen) atoms. The first kappa shape index (κ1) is 18.5. The Morgan fingerprint density at radius 3 is 2.67 bits per heavy atom. The van der Waals surface area contributed by atoms with Crippen LogP contribution in [0.15, 0.2) is 59.5 Å². The van der Waals surface area contributed by atoms with E-state index in [2.05, 4.69) is 10.6 Å². The third kappa shape index (κ3) is 6.00. The number of thioether (sulfide) groups is 1. The Hall–Kier alpha value is -1.82. The SMILES string of the molecule is CSc1cccc(NC(=O)CNC(CCCO)c2ccccc2)c1. The third-order valence-electron chi connectivity index (χ3n) is 3.72. The average molecular weight is 344 g/mol. The van der Waals surface area contributed by atoms with E-state index in [4.69, 9.17) is 5.11 Å². The monoisotopic (exact) mass is 344 g/mol. The summed E-state index contributed by atoms with van der Waals surface area (Å²) in [6.07, 6.45) is 3.49. The highest BCUT2D eigenvalue weighted by Crippen LogP contribution is 2.20. The lowest BCUT2D eigenvalue weighted by atomic mass is 10.0. The lowest BCUT2D eigenvalue weighted by molar-refractivity contribution is -0.115. The zero-order valence-electron chi connectivity index (χ0n) is 13.9. The van der Waals surface area contributed by atoms with Gasteiger partial charge in [0.05, 0.1) is 6.54 Å². The van der Waals surface area contributed by atoms with E-state index in [1.165, 1.54) is 0 Å². The van der Waals surface area contributed by atoms with E-state index >= 15 is 0 Å². The summed E-state index contributed by atoms with van der Waals surface area (Å²) in [6.45, 7) is 0.382. The molecule has 0 aliphatic heterocycles. The van der Waals surface area contributed by atoms with Crippen LogP contribution in [0.2, 0.25) is 0 Å². The molecule has 0 aliphatic rings. The van der Waals surface area contributed by atoms with Gasteiger partial charge >= 0.3 is 0 Å². The third-order valence-corrected chi connectivity index (χ3v) is 4.44. The molecule has 0 heterocycles. The molecule has 5 heteroatoms. The molecule has 0 aliphatic carbocycles. The molecule has 1 atom stereocenters. The van der Waals surface area contributed by atoms with Gasteiger partial charge in [-0.3, -0.25) is 4.79 Å². The second-order valence-electron chi connectivity index (χ2n) is 5.49. The van der Waals surface area contributed by atoms with E-state index in [-0.39, 0.29) is 25.1 Å². The fourth-order valence-electron chi connectivity index (χ4n) is 2.49. The van der Waals surface area contributed by atoms with Crippen molar-refractivity contribution >= 4 is 23.4 Å². The number of carbonyl (C=O) groups is 1. The van der Waals surface area contributed by atoms with E-state index in [0.29, 0.717) is 6.42 Å². The van der Waals surface area contributed by atoms with Gasteiger partial charge in [-0.2, -0.15) is 0 Å². The van der Waals surface area contributed by atoms with Crippen molar-refractivity contribution in [2.75, 3.05) is 24.7 Å². The summed E-state index contributed by atoms with van der Waals surface area (Å²) in [6, 6.07) is 17.9. The molecule has 2 aromatic carbocycles. The number of hydrogen-bond acceptors (Lipinski definition) is 4. The summed E-state index contributed by atoms with van der Waals surface area (Å²) in [5.41, 5.74) is 1.93. The van der Waals surface area contributed by atoms with Crippen LogP contribution in [0.5, 0.6) is 0 Å². The molecule has 1 amide bonds. The van der Waals surface area contributed by atoms with Crippen LogP contribution in [0, 0.1) is 0 Å². The smallest absolute Gasteiger partial charge is 0.238 e. The number of carbonyl (C=O) groups excluding carboxylic acids is 1. The molecule has 0 radical (unpaired) electrons. The first-order valence-corrected chi connectivity index (χ1v) is 9.28. The van der Waals surface area contributed by atoms with Crippen molar-refractivity contribution in [2.45, 2.75) is 23.8 Å². The minimum atomic E-state index is -0.0711. The van der Waals surface area contributed by atoms with Crippen molar-refractivity contribution in [1.82, 2.24) is 5.32 Å². The number of nitrogens with one attached hydrogen (secondary N) is 2. The van der Waals surface area contributed by atoms with Crippen molar-refractivity contribution in [3.8, 4) is 0 Å². The number of hydrogen-bond donors (Lipinski definition) is 3. The number of amides is 1. The van der Waals surface area contributed by atoms with Crippen LogP contribution < -0.4 is 10.6 Å². The molecule has 4 nitrogen and oxygen atoms in total. The fourth-order valence-corrected chi connectivity index (χ4v) is 2.95. The molecule has 0 aromatic heterocycles.